The van der Waals surface area contributed by atoms with Gasteiger partial charge in [0.25, 0.3) is 0 Å². The smallest absolute Gasteiger partial charge is 0.199 e. The number of para-hydroxylation sites is 1. The molecule has 0 aliphatic rings. The lowest BCUT2D eigenvalue weighted by Gasteiger charge is -2.12. The predicted octanol–water partition coefficient (Wildman–Crippen LogP) is 4.45. The van der Waals surface area contributed by atoms with Gasteiger partial charge in [0.15, 0.2) is 16.3 Å². The highest BCUT2D eigenvalue weighted by Gasteiger charge is 2.11. The van der Waals surface area contributed by atoms with Crippen molar-refractivity contribution in [2.75, 3.05) is 26.1 Å². The number of methoxy groups -OCH3 is 2. The van der Waals surface area contributed by atoms with Crippen LogP contribution in [0.25, 0.3) is 21.8 Å². The summed E-state index contributed by atoms with van der Waals surface area (Å²) in [6, 6.07) is 12.1. The second kappa shape index (κ2) is 7.28. The van der Waals surface area contributed by atoms with E-state index in [1.165, 1.54) is 10.9 Å². The number of anilines is 1. The summed E-state index contributed by atoms with van der Waals surface area (Å²) in [5, 5.41) is 5.56. The molecule has 2 heterocycles. The molecule has 138 valence electrons. The minimum absolute atomic E-state index is 0.421. The molecule has 4 aromatic rings. The molecule has 0 radical (unpaired) electrons. The molecule has 0 saturated heterocycles. The van der Waals surface area contributed by atoms with Crippen molar-refractivity contribution in [1.82, 2.24) is 15.0 Å². The van der Waals surface area contributed by atoms with Gasteiger partial charge in [0.1, 0.15) is 5.82 Å². The third-order valence-corrected chi connectivity index (χ3v) is 4.79. The van der Waals surface area contributed by atoms with Crippen LogP contribution in [0.2, 0.25) is 0 Å². The number of hydrogen-bond acceptors (Lipinski definition) is 5. The highest BCUT2D eigenvalue weighted by molar-refractivity contribution is 7.71. The topological polar surface area (TPSA) is 75.0 Å². The van der Waals surface area contributed by atoms with Crippen LogP contribution in [-0.4, -0.2) is 35.7 Å². The Balaban J connectivity index is 1.62. The maximum Gasteiger partial charge on any atom is 0.199 e. The second-order valence-electron chi connectivity index (χ2n) is 6.18. The number of rotatable bonds is 6. The Morgan fingerprint density at radius 1 is 1.04 bits per heavy atom. The molecule has 7 heteroatoms. The lowest BCUT2D eigenvalue weighted by molar-refractivity contribution is 0.356. The standard InChI is InChI=1S/C20H20N4O2S/c1-25-17-9-14-16(10-18(17)26-2)23-20(27)24-19(14)21-8-7-12-11-22-15-6-4-3-5-13(12)15/h3-6,9-11,22H,7-8H2,1-2H3,(H2,21,23,24,27). The minimum Gasteiger partial charge on any atom is -0.493 e. The molecule has 27 heavy (non-hydrogen) atoms. The second-order valence-corrected chi connectivity index (χ2v) is 6.57. The summed E-state index contributed by atoms with van der Waals surface area (Å²) in [6.45, 7) is 0.733. The first kappa shape index (κ1) is 17.4. The summed E-state index contributed by atoms with van der Waals surface area (Å²) in [6.07, 6.45) is 2.93. The molecule has 0 unspecified atom stereocenters. The summed E-state index contributed by atoms with van der Waals surface area (Å²) in [5.74, 6) is 2.03. The fraction of sp³-hybridized carbons (Fsp3) is 0.200. The van der Waals surface area contributed by atoms with Crippen LogP contribution in [-0.2, 0) is 6.42 Å². The van der Waals surface area contributed by atoms with Crippen LogP contribution in [0.5, 0.6) is 11.5 Å². The first-order valence-electron chi connectivity index (χ1n) is 8.64. The first-order chi connectivity index (χ1) is 13.2. The highest BCUT2D eigenvalue weighted by atomic mass is 32.1. The summed E-state index contributed by atoms with van der Waals surface area (Å²) >= 11 is 5.28. The van der Waals surface area contributed by atoms with Gasteiger partial charge in [-0.15, -0.1) is 0 Å². The van der Waals surface area contributed by atoms with Crippen molar-refractivity contribution < 1.29 is 9.47 Å². The molecule has 0 amide bonds. The van der Waals surface area contributed by atoms with Crippen LogP contribution >= 0.6 is 12.2 Å². The van der Waals surface area contributed by atoms with Crippen molar-refractivity contribution in [2.24, 2.45) is 0 Å². The Morgan fingerprint density at radius 3 is 2.63 bits per heavy atom. The van der Waals surface area contributed by atoms with Gasteiger partial charge in [0.2, 0.25) is 0 Å². The maximum absolute atomic E-state index is 5.42. The van der Waals surface area contributed by atoms with Crippen LogP contribution < -0.4 is 14.8 Å². The van der Waals surface area contributed by atoms with Crippen molar-refractivity contribution in [2.45, 2.75) is 6.42 Å². The summed E-state index contributed by atoms with van der Waals surface area (Å²) < 4.78 is 11.2. The Kier molecular flexibility index (Phi) is 4.68. The van der Waals surface area contributed by atoms with Gasteiger partial charge in [-0.3, -0.25) is 0 Å². The van der Waals surface area contributed by atoms with Gasteiger partial charge < -0.3 is 24.8 Å². The minimum atomic E-state index is 0.421. The van der Waals surface area contributed by atoms with E-state index in [1.807, 2.05) is 18.2 Å². The monoisotopic (exact) mass is 380 g/mol. The molecular formula is C20H20N4O2S. The summed E-state index contributed by atoms with van der Waals surface area (Å²) in [4.78, 5) is 10.9. The molecule has 4 rings (SSSR count). The van der Waals surface area contributed by atoms with E-state index in [9.17, 15) is 0 Å². The number of nitrogens with one attached hydrogen (secondary N) is 3. The number of benzene rings is 2. The van der Waals surface area contributed by atoms with E-state index in [-0.39, 0.29) is 0 Å². The van der Waals surface area contributed by atoms with E-state index >= 15 is 0 Å². The summed E-state index contributed by atoms with van der Waals surface area (Å²) in [5.41, 5.74) is 3.26. The van der Waals surface area contributed by atoms with Crippen LogP contribution in [0, 0.1) is 4.77 Å². The lowest BCUT2D eigenvalue weighted by Crippen LogP contribution is -2.07. The van der Waals surface area contributed by atoms with Crippen molar-refractivity contribution in [1.29, 1.82) is 0 Å². The van der Waals surface area contributed by atoms with Crippen molar-refractivity contribution in [3.8, 4) is 11.5 Å². The molecule has 0 bridgehead atoms. The molecule has 0 saturated carbocycles. The molecular weight excluding hydrogens is 360 g/mol. The molecule has 3 N–H and O–H groups in total. The normalized spacial score (nSPS) is 11.0. The van der Waals surface area contributed by atoms with Gasteiger partial charge in [0.05, 0.1) is 19.7 Å². The third-order valence-electron chi connectivity index (χ3n) is 4.60. The zero-order valence-electron chi connectivity index (χ0n) is 15.1. The number of ether oxygens (including phenoxy) is 2. The third kappa shape index (κ3) is 3.33. The Morgan fingerprint density at radius 2 is 1.81 bits per heavy atom. The highest BCUT2D eigenvalue weighted by Crippen LogP contribution is 2.33. The number of aromatic nitrogens is 3. The molecule has 2 aromatic heterocycles. The Labute approximate surface area is 161 Å². The van der Waals surface area contributed by atoms with Gasteiger partial charge >= 0.3 is 0 Å². The fourth-order valence-electron chi connectivity index (χ4n) is 3.27. The van der Waals surface area contributed by atoms with E-state index in [0.717, 1.165) is 35.2 Å². The van der Waals surface area contributed by atoms with Crippen molar-refractivity contribution in [3.05, 3.63) is 52.9 Å². The quantitative estimate of drug-likeness (QED) is 0.431. The van der Waals surface area contributed by atoms with Gasteiger partial charge in [-0.2, -0.15) is 0 Å². The van der Waals surface area contributed by atoms with Crippen LogP contribution in [0.15, 0.2) is 42.6 Å². The maximum atomic E-state index is 5.42. The Hall–Kier alpha value is -3.06. The fourth-order valence-corrected chi connectivity index (χ4v) is 3.47. The summed E-state index contributed by atoms with van der Waals surface area (Å²) in [7, 11) is 3.23. The number of aromatic amines is 2. The van der Waals surface area contributed by atoms with Crippen molar-refractivity contribution in [3.63, 3.8) is 0 Å². The van der Waals surface area contributed by atoms with Crippen LogP contribution in [0.3, 0.4) is 0 Å². The predicted molar refractivity (Wildman–Crippen MR) is 111 cm³/mol. The van der Waals surface area contributed by atoms with E-state index in [1.54, 1.807) is 14.2 Å². The lowest BCUT2D eigenvalue weighted by atomic mass is 10.1. The molecule has 0 fully saturated rings. The molecule has 6 nitrogen and oxygen atoms in total. The van der Waals surface area contributed by atoms with Gasteiger partial charge in [0, 0.05) is 35.1 Å². The van der Waals surface area contributed by atoms with Gasteiger partial charge in [-0.1, -0.05) is 18.2 Å². The van der Waals surface area contributed by atoms with Crippen molar-refractivity contribution >= 4 is 39.8 Å². The molecule has 0 spiro atoms. The largest absolute Gasteiger partial charge is 0.493 e. The molecule has 0 aliphatic carbocycles. The number of nitrogens with zero attached hydrogens (tertiary/aromatic N) is 1. The van der Waals surface area contributed by atoms with E-state index < -0.39 is 0 Å². The molecule has 0 atom stereocenters. The number of hydrogen-bond donors (Lipinski definition) is 3. The SMILES string of the molecule is COc1cc2[nH]c(=S)nc(NCCc3c[nH]c4ccccc34)c2cc1OC. The van der Waals surface area contributed by atoms with Gasteiger partial charge in [-0.25, -0.2) is 4.98 Å². The van der Waals surface area contributed by atoms with Crippen LogP contribution in [0.1, 0.15) is 5.56 Å². The van der Waals surface area contributed by atoms with Gasteiger partial charge in [-0.05, 0) is 36.3 Å². The molecule has 2 aromatic carbocycles. The number of fused-ring (bicyclic) bond motifs is 2. The zero-order valence-corrected chi connectivity index (χ0v) is 15.9. The van der Waals surface area contributed by atoms with E-state index in [0.29, 0.717) is 16.3 Å². The molecule has 0 aliphatic heterocycles. The van der Waals surface area contributed by atoms with Crippen LogP contribution in [0.4, 0.5) is 5.82 Å². The average molecular weight is 380 g/mol. The first-order valence-corrected chi connectivity index (χ1v) is 9.05. The number of H-pyrrole nitrogens is 2. The van der Waals surface area contributed by atoms with E-state index in [4.69, 9.17) is 21.7 Å². The van der Waals surface area contributed by atoms with E-state index in [2.05, 4.69) is 44.7 Å². The zero-order chi connectivity index (χ0) is 18.8. The Bertz CT molecular complexity index is 1170. The average Bonchev–Trinajstić information content (AvgIpc) is 3.10.